The summed E-state index contributed by atoms with van der Waals surface area (Å²) in [6.07, 6.45) is 1.55. The van der Waals surface area contributed by atoms with Crippen LogP contribution in [0.2, 0.25) is 0 Å². The van der Waals surface area contributed by atoms with Crippen molar-refractivity contribution in [1.82, 2.24) is 0 Å². The fourth-order valence-electron chi connectivity index (χ4n) is 0.445. The molecule has 10 heavy (non-hydrogen) atoms. The highest BCUT2D eigenvalue weighted by atomic mass is 16.4. The number of carbonyl (C=O) groups is 1. The fraction of sp³-hybridized carbons (Fsp3) is 0.571. The summed E-state index contributed by atoms with van der Waals surface area (Å²) in [5.74, 6) is -0.995. The molecule has 1 atom stereocenters. The molecule has 3 nitrogen and oxygen atoms in total. The Hall–Kier alpha value is -0.830. The predicted molar refractivity (Wildman–Crippen MR) is 39.6 cm³/mol. The van der Waals surface area contributed by atoms with Crippen LogP contribution in [-0.4, -0.2) is 17.1 Å². The molecular weight excluding hydrogens is 130 g/mol. The molecule has 1 unspecified atom stereocenters. The molecule has 0 aromatic rings. The van der Waals surface area contributed by atoms with E-state index in [1.165, 1.54) is 0 Å². The van der Waals surface area contributed by atoms with E-state index in [9.17, 15) is 4.79 Å². The highest BCUT2D eigenvalue weighted by Gasteiger charge is 2.28. The van der Waals surface area contributed by atoms with Crippen molar-refractivity contribution in [3.8, 4) is 0 Å². The van der Waals surface area contributed by atoms with Gasteiger partial charge in [-0.2, -0.15) is 0 Å². The van der Waals surface area contributed by atoms with E-state index >= 15 is 0 Å². The van der Waals surface area contributed by atoms with E-state index in [-0.39, 0.29) is 0 Å². The summed E-state index contributed by atoms with van der Waals surface area (Å²) in [7, 11) is 0. The van der Waals surface area contributed by atoms with E-state index in [2.05, 4.69) is 6.58 Å². The van der Waals surface area contributed by atoms with Gasteiger partial charge in [0, 0.05) is 5.41 Å². The Kier molecular flexibility index (Phi) is 2.60. The van der Waals surface area contributed by atoms with Crippen LogP contribution in [-0.2, 0) is 4.79 Å². The quantitative estimate of drug-likeness (QED) is 0.569. The third-order valence-corrected chi connectivity index (χ3v) is 1.59. The molecule has 0 saturated carbocycles. The summed E-state index contributed by atoms with van der Waals surface area (Å²) >= 11 is 0. The minimum Gasteiger partial charge on any atom is -0.480 e. The Labute approximate surface area is 60.5 Å². The van der Waals surface area contributed by atoms with Gasteiger partial charge < -0.3 is 10.8 Å². The largest absolute Gasteiger partial charge is 0.480 e. The van der Waals surface area contributed by atoms with Gasteiger partial charge in [0.1, 0.15) is 6.04 Å². The molecule has 0 spiro atoms. The van der Waals surface area contributed by atoms with E-state index in [1.54, 1.807) is 19.9 Å². The lowest BCUT2D eigenvalue weighted by Gasteiger charge is -2.23. The van der Waals surface area contributed by atoms with Crippen LogP contribution in [0.4, 0.5) is 0 Å². The summed E-state index contributed by atoms with van der Waals surface area (Å²) in [6, 6.07) is -0.870. The van der Waals surface area contributed by atoms with Gasteiger partial charge in [-0.05, 0) is 0 Å². The SMILES string of the molecule is C=CC(C)(C)C(N)C(=O)O. The lowest BCUT2D eigenvalue weighted by molar-refractivity contribution is -0.140. The summed E-state index contributed by atoms with van der Waals surface area (Å²) in [5.41, 5.74) is 4.80. The first-order valence-corrected chi connectivity index (χ1v) is 3.04. The minimum absolute atomic E-state index is 0.536. The third kappa shape index (κ3) is 1.84. The van der Waals surface area contributed by atoms with Gasteiger partial charge in [0.05, 0.1) is 0 Å². The van der Waals surface area contributed by atoms with Crippen LogP contribution in [0.15, 0.2) is 12.7 Å². The predicted octanol–water partition coefficient (Wildman–Crippen LogP) is 0.611. The van der Waals surface area contributed by atoms with Gasteiger partial charge in [0.25, 0.3) is 0 Å². The van der Waals surface area contributed by atoms with Crippen LogP contribution in [0.1, 0.15) is 13.8 Å². The van der Waals surface area contributed by atoms with Gasteiger partial charge in [-0.1, -0.05) is 19.9 Å². The van der Waals surface area contributed by atoms with Gasteiger partial charge in [-0.3, -0.25) is 4.79 Å². The Bertz CT molecular complexity index is 152. The molecule has 0 aliphatic carbocycles. The topological polar surface area (TPSA) is 63.3 Å². The first kappa shape index (κ1) is 9.17. The molecule has 3 N–H and O–H groups in total. The first-order valence-electron chi connectivity index (χ1n) is 3.04. The third-order valence-electron chi connectivity index (χ3n) is 1.59. The summed E-state index contributed by atoms with van der Waals surface area (Å²) in [5, 5.41) is 8.48. The zero-order chi connectivity index (χ0) is 8.36. The highest BCUT2D eigenvalue weighted by Crippen LogP contribution is 2.19. The van der Waals surface area contributed by atoms with Crippen molar-refractivity contribution in [2.75, 3.05) is 0 Å². The van der Waals surface area contributed by atoms with Gasteiger partial charge >= 0.3 is 5.97 Å². The Morgan fingerprint density at radius 2 is 2.20 bits per heavy atom. The average Bonchev–Trinajstić information content (AvgIpc) is 1.86. The molecule has 0 aromatic heterocycles. The van der Waals surface area contributed by atoms with E-state index in [1.807, 2.05) is 0 Å². The summed E-state index contributed by atoms with van der Waals surface area (Å²) in [6.45, 7) is 6.96. The van der Waals surface area contributed by atoms with Crippen LogP contribution >= 0.6 is 0 Å². The molecule has 0 rings (SSSR count). The van der Waals surface area contributed by atoms with Gasteiger partial charge in [-0.25, -0.2) is 0 Å². The van der Waals surface area contributed by atoms with E-state index in [0.717, 1.165) is 0 Å². The molecule has 0 aliphatic rings. The molecule has 3 heteroatoms. The van der Waals surface area contributed by atoms with Crippen molar-refractivity contribution in [1.29, 1.82) is 0 Å². The Balaban J connectivity index is 4.31. The zero-order valence-corrected chi connectivity index (χ0v) is 6.29. The van der Waals surface area contributed by atoms with Gasteiger partial charge in [0.2, 0.25) is 0 Å². The second kappa shape index (κ2) is 2.84. The second-order valence-corrected chi connectivity index (χ2v) is 2.84. The molecule has 0 fully saturated rings. The van der Waals surface area contributed by atoms with Crippen LogP contribution in [0, 0.1) is 5.41 Å². The Morgan fingerprint density at radius 3 is 2.30 bits per heavy atom. The summed E-state index contributed by atoms with van der Waals surface area (Å²) < 4.78 is 0. The van der Waals surface area contributed by atoms with Gasteiger partial charge in [-0.15, -0.1) is 6.58 Å². The molecular formula is C7H13NO2. The molecule has 0 heterocycles. The molecule has 0 bridgehead atoms. The van der Waals surface area contributed by atoms with E-state index < -0.39 is 17.4 Å². The maximum Gasteiger partial charge on any atom is 0.321 e. The highest BCUT2D eigenvalue weighted by molar-refractivity contribution is 5.74. The lowest BCUT2D eigenvalue weighted by atomic mass is 9.85. The van der Waals surface area contributed by atoms with Crippen molar-refractivity contribution in [2.45, 2.75) is 19.9 Å². The van der Waals surface area contributed by atoms with Crippen molar-refractivity contribution >= 4 is 5.97 Å². The minimum atomic E-state index is -0.995. The number of aliphatic carboxylic acids is 1. The van der Waals surface area contributed by atoms with Crippen LogP contribution in [0.5, 0.6) is 0 Å². The number of carboxylic acids is 1. The summed E-state index contributed by atoms with van der Waals surface area (Å²) in [4.78, 5) is 10.3. The van der Waals surface area contributed by atoms with E-state index in [0.29, 0.717) is 0 Å². The van der Waals surface area contributed by atoms with Crippen molar-refractivity contribution in [2.24, 2.45) is 11.1 Å². The number of carboxylic acid groups (broad SMARTS) is 1. The van der Waals surface area contributed by atoms with Gasteiger partial charge in [0.15, 0.2) is 0 Å². The normalized spacial score (nSPS) is 14.3. The van der Waals surface area contributed by atoms with Crippen molar-refractivity contribution < 1.29 is 9.90 Å². The zero-order valence-electron chi connectivity index (χ0n) is 6.29. The number of rotatable bonds is 3. The maximum absolute atomic E-state index is 10.3. The number of hydrogen-bond donors (Lipinski definition) is 2. The first-order chi connectivity index (χ1) is 4.41. The maximum atomic E-state index is 10.3. The molecule has 0 aromatic carbocycles. The van der Waals surface area contributed by atoms with Crippen LogP contribution in [0.25, 0.3) is 0 Å². The number of hydrogen-bond acceptors (Lipinski definition) is 2. The lowest BCUT2D eigenvalue weighted by Crippen LogP contribution is -2.42. The van der Waals surface area contributed by atoms with Crippen LogP contribution in [0.3, 0.4) is 0 Å². The second-order valence-electron chi connectivity index (χ2n) is 2.84. The van der Waals surface area contributed by atoms with Crippen LogP contribution < -0.4 is 5.73 Å². The molecule has 0 amide bonds. The molecule has 0 aliphatic heterocycles. The fourth-order valence-corrected chi connectivity index (χ4v) is 0.445. The van der Waals surface area contributed by atoms with Crippen molar-refractivity contribution in [3.63, 3.8) is 0 Å². The molecule has 0 saturated heterocycles. The monoisotopic (exact) mass is 143 g/mol. The smallest absolute Gasteiger partial charge is 0.321 e. The Morgan fingerprint density at radius 1 is 1.80 bits per heavy atom. The average molecular weight is 143 g/mol. The molecule has 0 radical (unpaired) electrons. The van der Waals surface area contributed by atoms with Crippen molar-refractivity contribution in [3.05, 3.63) is 12.7 Å². The van der Waals surface area contributed by atoms with E-state index in [4.69, 9.17) is 10.8 Å². The number of nitrogens with two attached hydrogens (primary N) is 1. The standard InChI is InChI=1S/C7H13NO2/c1-4-7(2,3)5(8)6(9)10/h4-5H,1,8H2,2-3H3,(H,9,10). The molecule has 58 valence electrons.